The molecule has 0 bridgehead atoms. The third kappa shape index (κ3) is 2.74. The van der Waals surface area contributed by atoms with E-state index in [2.05, 4.69) is 5.32 Å². The Morgan fingerprint density at radius 3 is 2.74 bits per heavy atom. The highest BCUT2D eigenvalue weighted by Crippen LogP contribution is 2.24. The zero-order chi connectivity index (χ0) is 16.6. The van der Waals surface area contributed by atoms with Crippen LogP contribution in [0.25, 0.3) is 0 Å². The van der Waals surface area contributed by atoms with Crippen LogP contribution in [0.3, 0.4) is 0 Å². The molecule has 6 nitrogen and oxygen atoms in total. The van der Waals surface area contributed by atoms with Crippen LogP contribution < -0.4 is 5.32 Å². The van der Waals surface area contributed by atoms with Gasteiger partial charge >= 0.3 is 0 Å². The molecular formula is C17H21N3O3. The number of fused-ring (bicyclic) bond motifs is 1. The minimum atomic E-state index is -0.372. The lowest BCUT2D eigenvalue weighted by Crippen LogP contribution is -2.46. The molecule has 6 heteroatoms. The van der Waals surface area contributed by atoms with Gasteiger partial charge in [0.15, 0.2) is 0 Å². The van der Waals surface area contributed by atoms with E-state index in [-0.39, 0.29) is 30.3 Å². The van der Waals surface area contributed by atoms with Gasteiger partial charge in [0.05, 0.1) is 11.1 Å². The lowest BCUT2D eigenvalue weighted by molar-refractivity contribution is -0.132. The molecular weight excluding hydrogens is 294 g/mol. The Balaban J connectivity index is 1.75. The number of aryl methyl sites for hydroxylation is 1. The molecule has 2 aliphatic rings. The van der Waals surface area contributed by atoms with Gasteiger partial charge in [0.2, 0.25) is 5.91 Å². The Bertz CT molecular complexity index is 671. The second-order valence-electron chi connectivity index (χ2n) is 6.19. The number of carbonyl (C=O) groups is 3. The number of likely N-dealkylation sites (N-methyl/N-ethyl adjacent to an activating group) is 1. The standard InChI is InChI=1S/C17H21N3O3/c1-11-5-6-13-14(8-11)17(23)20(16(13)22)10-15(21)19-7-3-4-12(19)9-18-2/h5-6,8,12,18H,3-4,7,9-10H2,1-2H3. The predicted octanol–water partition coefficient (Wildman–Crippen LogP) is 0.801. The third-order valence-electron chi connectivity index (χ3n) is 4.56. The SMILES string of the molecule is CNCC1CCCN1C(=O)CN1C(=O)c2ccc(C)cc2C1=O. The fraction of sp³-hybridized carbons (Fsp3) is 0.471. The molecule has 2 heterocycles. The summed E-state index contributed by atoms with van der Waals surface area (Å²) in [7, 11) is 1.85. The van der Waals surface area contributed by atoms with Crippen LogP contribution in [0.5, 0.6) is 0 Å². The zero-order valence-electron chi connectivity index (χ0n) is 13.5. The van der Waals surface area contributed by atoms with Crippen LogP contribution in [-0.2, 0) is 4.79 Å². The van der Waals surface area contributed by atoms with Crippen LogP contribution in [0.2, 0.25) is 0 Å². The van der Waals surface area contributed by atoms with Gasteiger partial charge in [-0.3, -0.25) is 19.3 Å². The van der Waals surface area contributed by atoms with Crippen molar-refractivity contribution in [2.75, 3.05) is 26.7 Å². The van der Waals surface area contributed by atoms with Gasteiger partial charge in [0, 0.05) is 19.1 Å². The Morgan fingerprint density at radius 2 is 2.00 bits per heavy atom. The summed E-state index contributed by atoms with van der Waals surface area (Å²) in [5.74, 6) is -0.900. The van der Waals surface area contributed by atoms with Crippen molar-refractivity contribution in [1.82, 2.24) is 15.1 Å². The van der Waals surface area contributed by atoms with E-state index in [9.17, 15) is 14.4 Å². The minimum Gasteiger partial charge on any atom is -0.337 e. The molecule has 1 N–H and O–H groups in total. The van der Waals surface area contributed by atoms with Crippen LogP contribution in [0, 0.1) is 6.92 Å². The number of rotatable bonds is 4. The van der Waals surface area contributed by atoms with Gasteiger partial charge in [-0.1, -0.05) is 11.6 Å². The van der Waals surface area contributed by atoms with Gasteiger partial charge in [-0.05, 0) is 38.9 Å². The second kappa shape index (κ2) is 6.12. The van der Waals surface area contributed by atoms with E-state index in [1.54, 1.807) is 23.1 Å². The highest BCUT2D eigenvalue weighted by molar-refractivity contribution is 6.22. The summed E-state index contributed by atoms with van der Waals surface area (Å²) in [5, 5.41) is 3.08. The Morgan fingerprint density at radius 1 is 1.26 bits per heavy atom. The highest BCUT2D eigenvalue weighted by Gasteiger charge is 2.38. The number of carbonyl (C=O) groups excluding carboxylic acids is 3. The molecule has 0 aromatic heterocycles. The van der Waals surface area contributed by atoms with Gasteiger partial charge in [-0.15, -0.1) is 0 Å². The van der Waals surface area contributed by atoms with E-state index in [0.29, 0.717) is 17.7 Å². The summed E-state index contributed by atoms with van der Waals surface area (Å²) in [4.78, 5) is 40.2. The summed E-state index contributed by atoms with van der Waals surface area (Å²) < 4.78 is 0. The lowest BCUT2D eigenvalue weighted by Gasteiger charge is -2.26. The molecule has 1 saturated heterocycles. The molecule has 122 valence electrons. The van der Waals surface area contributed by atoms with Gasteiger partial charge in [0.1, 0.15) is 6.54 Å². The minimum absolute atomic E-state index is 0.143. The maximum Gasteiger partial charge on any atom is 0.262 e. The molecule has 0 spiro atoms. The van der Waals surface area contributed by atoms with Gasteiger partial charge in [0.25, 0.3) is 11.8 Å². The first-order valence-electron chi connectivity index (χ1n) is 7.94. The van der Waals surface area contributed by atoms with E-state index in [4.69, 9.17) is 0 Å². The van der Waals surface area contributed by atoms with Crippen molar-refractivity contribution in [1.29, 1.82) is 0 Å². The van der Waals surface area contributed by atoms with E-state index in [0.717, 1.165) is 29.8 Å². The van der Waals surface area contributed by atoms with Gasteiger partial charge in [-0.25, -0.2) is 0 Å². The maximum absolute atomic E-state index is 12.5. The van der Waals surface area contributed by atoms with Crippen molar-refractivity contribution in [2.45, 2.75) is 25.8 Å². The predicted molar refractivity (Wildman–Crippen MR) is 85.2 cm³/mol. The number of nitrogens with zero attached hydrogens (tertiary/aromatic N) is 2. The molecule has 0 aliphatic carbocycles. The van der Waals surface area contributed by atoms with E-state index in [1.165, 1.54) is 0 Å². The molecule has 1 fully saturated rings. The largest absolute Gasteiger partial charge is 0.337 e. The number of benzene rings is 1. The fourth-order valence-corrected chi connectivity index (χ4v) is 3.39. The molecule has 0 radical (unpaired) electrons. The molecule has 23 heavy (non-hydrogen) atoms. The number of amides is 3. The van der Waals surface area contributed by atoms with Crippen LogP contribution >= 0.6 is 0 Å². The lowest BCUT2D eigenvalue weighted by atomic mass is 10.1. The average Bonchev–Trinajstić information content (AvgIpc) is 3.07. The molecule has 1 aromatic carbocycles. The number of imide groups is 1. The molecule has 1 unspecified atom stereocenters. The van der Waals surface area contributed by atoms with Gasteiger partial charge < -0.3 is 10.2 Å². The molecule has 1 aromatic rings. The van der Waals surface area contributed by atoms with Crippen LogP contribution in [-0.4, -0.2) is 60.2 Å². The summed E-state index contributed by atoms with van der Waals surface area (Å²) >= 11 is 0. The first-order chi connectivity index (χ1) is 11.0. The van der Waals surface area contributed by atoms with Crippen molar-refractivity contribution >= 4 is 17.7 Å². The third-order valence-corrected chi connectivity index (χ3v) is 4.56. The van der Waals surface area contributed by atoms with E-state index >= 15 is 0 Å². The van der Waals surface area contributed by atoms with Crippen molar-refractivity contribution in [3.05, 3.63) is 34.9 Å². The van der Waals surface area contributed by atoms with Crippen molar-refractivity contribution in [3.8, 4) is 0 Å². The molecule has 3 rings (SSSR count). The Hall–Kier alpha value is -2.21. The van der Waals surface area contributed by atoms with Crippen LogP contribution in [0.15, 0.2) is 18.2 Å². The normalized spacial score (nSPS) is 20.3. The first kappa shape index (κ1) is 15.7. The van der Waals surface area contributed by atoms with Crippen molar-refractivity contribution in [3.63, 3.8) is 0 Å². The molecule has 3 amide bonds. The summed E-state index contributed by atoms with van der Waals surface area (Å²) in [6.45, 7) is 3.12. The summed E-state index contributed by atoms with van der Waals surface area (Å²) in [5.41, 5.74) is 1.71. The Labute approximate surface area is 135 Å². The monoisotopic (exact) mass is 315 g/mol. The van der Waals surface area contributed by atoms with Gasteiger partial charge in [-0.2, -0.15) is 0 Å². The number of hydrogen-bond donors (Lipinski definition) is 1. The number of likely N-dealkylation sites (tertiary alicyclic amines) is 1. The van der Waals surface area contributed by atoms with Crippen molar-refractivity contribution < 1.29 is 14.4 Å². The molecule has 0 saturated carbocycles. The fourth-order valence-electron chi connectivity index (χ4n) is 3.39. The second-order valence-corrected chi connectivity index (χ2v) is 6.19. The van der Waals surface area contributed by atoms with E-state index < -0.39 is 0 Å². The summed E-state index contributed by atoms with van der Waals surface area (Å²) in [6.07, 6.45) is 1.91. The summed E-state index contributed by atoms with van der Waals surface area (Å²) in [6, 6.07) is 5.32. The van der Waals surface area contributed by atoms with Crippen LogP contribution in [0.1, 0.15) is 39.1 Å². The Kier molecular flexibility index (Phi) is 4.17. The molecule has 1 atom stereocenters. The zero-order valence-corrected chi connectivity index (χ0v) is 13.5. The first-order valence-corrected chi connectivity index (χ1v) is 7.94. The van der Waals surface area contributed by atoms with Crippen molar-refractivity contribution in [2.24, 2.45) is 0 Å². The number of hydrogen-bond acceptors (Lipinski definition) is 4. The number of nitrogens with one attached hydrogen (secondary N) is 1. The van der Waals surface area contributed by atoms with E-state index in [1.807, 2.05) is 14.0 Å². The quantitative estimate of drug-likeness (QED) is 0.835. The van der Waals surface area contributed by atoms with Crippen LogP contribution in [0.4, 0.5) is 0 Å². The topological polar surface area (TPSA) is 69.7 Å². The molecule has 2 aliphatic heterocycles. The average molecular weight is 315 g/mol. The smallest absolute Gasteiger partial charge is 0.262 e. The maximum atomic E-state index is 12.5. The highest BCUT2D eigenvalue weighted by atomic mass is 16.2.